The number of nitrogens with one attached hydrogen (secondary N) is 2. The molecule has 2 aromatic carbocycles. The topological polar surface area (TPSA) is 147 Å². The van der Waals surface area contributed by atoms with Crippen LogP contribution in [0.2, 0.25) is 4.34 Å². The van der Waals surface area contributed by atoms with E-state index in [1.54, 1.807) is 0 Å². The molecule has 35 heavy (non-hydrogen) atoms. The van der Waals surface area contributed by atoms with Crippen LogP contribution in [0.4, 0.5) is 20.6 Å². The first-order valence-electron chi connectivity index (χ1n) is 9.41. The molecule has 0 unspecified atom stereocenters. The fourth-order valence-electron chi connectivity index (χ4n) is 3.31. The van der Waals surface area contributed by atoms with Gasteiger partial charge in [0.25, 0.3) is 15.6 Å². The number of carbonyl (C=O) groups excluding carboxylic acids is 1. The minimum atomic E-state index is -4.36. The van der Waals surface area contributed by atoms with Gasteiger partial charge in [0.05, 0.1) is 32.3 Å². The fraction of sp³-hybridized carbons (Fsp3) is 0.0500. The second kappa shape index (κ2) is 10.1. The Hall–Kier alpha value is -2.68. The molecule has 15 heteroatoms. The third kappa shape index (κ3) is 4.87. The quantitative estimate of drug-likeness (QED) is 0.297. The van der Waals surface area contributed by atoms with E-state index in [9.17, 15) is 27.2 Å². The zero-order valence-corrected chi connectivity index (χ0v) is 22.6. The molecule has 0 aliphatic carbocycles. The van der Waals surface area contributed by atoms with Gasteiger partial charge >= 0.3 is 41.3 Å². The number of amides is 2. The van der Waals surface area contributed by atoms with Gasteiger partial charge in [-0.25, -0.2) is 18.5 Å². The molecule has 0 fully saturated rings. The Morgan fingerprint density at radius 3 is 2.37 bits per heavy atom. The first kappa shape index (κ1) is 26.9. The van der Waals surface area contributed by atoms with Crippen LogP contribution in [0, 0.1) is 5.82 Å². The number of fused-ring (bicyclic) bond motifs is 1. The van der Waals surface area contributed by atoms with Gasteiger partial charge in [0.15, 0.2) is 0 Å². The van der Waals surface area contributed by atoms with Crippen molar-refractivity contribution in [2.24, 2.45) is 5.73 Å². The summed E-state index contributed by atoms with van der Waals surface area (Å²) >= 11 is 6.56. The molecular weight excluding hydrogens is 532 g/mol. The molecule has 176 valence electrons. The number of thiophene rings is 1. The van der Waals surface area contributed by atoms with Gasteiger partial charge in [0.2, 0.25) is 0 Å². The molecule has 4 rings (SSSR count). The molecule has 10 nitrogen and oxygen atoms in total. The van der Waals surface area contributed by atoms with Gasteiger partial charge in [0.1, 0.15) is 10.0 Å². The van der Waals surface area contributed by atoms with E-state index in [4.69, 9.17) is 17.3 Å². The predicted octanol–water partition coefficient (Wildman–Crippen LogP) is -0.147. The van der Waals surface area contributed by atoms with Crippen LogP contribution in [0.1, 0.15) is 0 Å². The first-order chi connectivity index (χ1) is 16.0. The normalized spacial score (nSPS) is 11.2. The number of aromatic amines is 1. The molecule has 0 bridgehead atoms. The Balaban J connectivity index is 0.00000342. The Kier molecular flexibility index (Phi) is 7.79. The van der Waals surface area contributed by atoms with Crippen molar-refractivity contribution in [3.8, 4) is 5.69 Å². The number of nitrogens with zero attached hydrogens (tertiary/aromatic N) is 2. The maximum absolute atomic E-state index is 14.2. The number of hydrogen-bond acceptors (Lipinski definition) is 7. The molecule has 0 aliphatic rings. The van der Waals surface area contributed by atoms with Crippen LogP contribution in [0.3, 0.4) is 0 Å². The molecule has 4 aromatic rings. The van der Waals surface area contributed by atoms with E-state index in [0.29, 0.717) is 4.31 Å². The van der Waals surface area contributed by atoms with Gasteiger partial charge < -0.3 is 16.0 Å². The summed E-state index contributed by atoms with van der Waals surface area (Å²) < 4.78 is 41.1. The van der Waals surface area contributed by atoms with E-state index in [2.05, 4.69) is 10.3 Å². The van der Waals surface area contributed by atoms with Crippen LogP contribution in [0.15, 0.2) is 62.3 Å². The van der Waals surface area contributed by atoms with Crippen molar-refractivity contribution >= 4 is 61.3 Å². The van der Waals surface area contributed by atoms with Crippen LogP contribution < -0.4 is 56.2 Å². The van der Waals surface area contributed by atoms with Gasteiger partial charge in [-0.1, -0.05) is 11.6 Å². The van der Waals surface area contributed by atoms with Gasteiger partial charge in [-0.05, 0) is 48.5 Å². The standard InChI is InChI=1S/C20H15ClFN5O5S2.Na/c1-24-15-9-14-12(8-13(15)22)18(28)26(20(30)25-14)10-2-4-11(5-3-10)27(19(23)29)34(31,32)17-7-6-16(21)33-17;/h2-9,24H,1H3,(H2,23,29)(H,25,30);/q;+1. The van der Waals surface area contributed by atoms with E-state index in [-0.39, 0.29) is 66.1 Å². The number of carbonyl (C=O) groups is 1. The average Bonchev–Trinajstić information content (AvgIpc) is 3.22. The summed E-state index contributed by atoms with van der Waals surface area (Å²) in [5.41, 5.74) is 3.89. The number of rotatable bonds is 5. The zero-order valence-electron chi connectivity index (χ0n) is 18.2. The minimum absolute atomic E-state index is 0. The molecule has 4 N–H and O–H groups in total. The van der Waals surface area contributed by atoms with Crippen LogP contribution in [0.5, 0.6) is 0 Å². The van der Waals surface area contributed by atoms with E-state index in [0.717, 1.165) is 22.0 Å². The van der Waals surface area contributed by atoms with E-state index in [1.165, 1.54) is 49.5 Å². The monoisotopic (exact) mass is 546 g/mol. The molecule has 2 heterocycles. The number of hydrogen-bond donors (Lipinski definition) is 3. The summed E-state index contributed by atoms with van der Waals surface area (Å²) in [6.45, 7) is 0. The molecule has 2 amide bonds. The SMILES string of the molecule is CNc1cc2[nH]c(=O)n(-c3ccc(N(C(N)=O)S(=O)(=O)c4ccc(Cl)s4)cc3)c(=O)c2cc1F.[Na+]. The molecule has 0 saturated heterocycles. The molecule has 2 aromatic heterocycles. The molecule has 0 radical (unpaired) electrons. The largest absolute Gasteiger partial charge is 1.00 e. The zero-order chi connectivity index (χ0) is 24.8. The number of primary amides is 1. The summed E-state index contributed by atoms with van der Waals surface area (Å²) in [5, 5.41) is 2.55. The number of nitrogens with two attached hydrogens (primary N) is 1. The van der Waals surface area contributed by atoms with Crippen molar-refractivity contribution in [2.45, 2.75) is 4.21 Å². The van der Waals surface area contributed by atoms with Gasteiger partial charge in [-0.2, -0.15) is 12.7 Å². The second-order valence-electron chi connectivity index (χ2n) is 6.88. The van der Waals surface area contributed by atoms with Gasteiger partial charge in [-0.3, -0.25) is 4.79 Å². The molecule has 0 aliphatic heterocycles. The van der Waals surface area contributed by atoms with Crippen molar-refractivity contribution in [1.82, 2.24) is 9.55 Å². The maximum Gasteiger partial charge on any atom is 1.00 e. The number of H-pyrrole nitrogens is 1. The van der Waals surface area contributed by atoms with E-state index in [1.807, 2.05) is 0 Å². The van der Waals surface area contributed by atoms with Gasteiger partial charge in [0, 0.05) is 7.05 Å². The summed E-state index contributed by atoms with van der Waals surface area (Å²) in [6, 6.07) is 8.54. The number of anilines is 2. The fourth-order valence-corrected chi connectivity index (χ4v) is 6.20. The van der Waals surface area contributed by atoms with Crippen molar-refractivity contribution in [1.29, 1.82) is 0 Å². The first-order valence-corrected chi connectivity index (χ1v) is 12.0. The number of sulfonamides is 1. The average molecular weight is 547 g/mol. The Labute approximate surface area is 228 Å². The smallest absolute Gasteiger partial charge is 0.386 e. The van der Waals surface area contributed by atoms with Crippen molar-refractivity contribution in [3.63, 3.8) is 0 Å². The molecule has 0 saturated carbocycles. The molecular formula is C20H15ClFN5NaO5S2+. The number of urea groups is 1. The second-order valence-corrected chi connectivity index (χ2v) is 10.6. The number of aromatic nitrogens is 2. The Morgan fingerprint density at radius 2 is 1.83 bits per heavy atom. The summed E-state index contributed by atoms with van der Waals surface area (Å²) in [4.78, 5) is 40.1. The minimum Gasteiger partial charge on any atom is -0.386 e. The van der Waals surface area contributed by atoms with Crippen LogP contribution >= 0.6 is 22.9 Å². The summed E-state index contributed by atoms with van der Waals surface area (Å²) in [5.74, 6) is -0.683. The van der Waals surface area contributed by atoms with Gasteiger partial charge in [-0.15, -0.1) is 11.3 Å². The third-order valence-electron chi connectivity index (χ3n) is 4.84. The van der Waals surface area contributed by atoms with Crippen molar-refractivity contribution in [2.75, 3.05) is 16.7 Å². The maximum atomic E-state index is 14.2. The molecule has 0 spiro atoms. The summed E-state index contributed by atoms with van der Waals surface area (Å²) in [6.07, 6.45) is 0. The van der Waals surface area contributed by atoms with Crippen molar-refractivity contribution in [3.05, 3.63) is 79.5 Å². The Morgan fingerprint density at radius 1 is 1.17 bits per heavy atom. The van der Waals surface area contributed by atoms with Crippen LogP contribution in [-0.4, -0.2) is 31.0 Å². The van der Waals surface area contributed by atoms with Crippen molar-refractivity contribution < 1.29 is 47.2 Å². The predicted molar refractivity (Wildman–Crippen MR) is 128 cm³/mol. The summed E-state index contributed by atoms with van der Waals surface area (Å²) in [7, 11) is -2.86. The number of benzene rings is 2. The van der Waals surface area contributed by atoms with E-state index >= 15 is 0 Å². The molecule has 0 atom stereocenters. The third-order valence-corrected chi connectivity index (χ3v) is 8.26. The van der Waals surface area contributed by atoms with Crippen LogP contribution in [0.25, 0.3) is 16.6 Å². The van der Waals surface area contributed by atoms with Crippen LogP contribution in [-0.2, 0) is 10.0 Å². The van der Waals surface area contributed by atoms with E-state index < -0.39 is 33.1 Å². The number of halogens is 2. The Bertz CT molecular complexity index is 1670.